The molecule has 22 heavy (non-hydrogen) atoms. The maximum atomic E-state index is 12.5. The zero-order chi connectivity index (χ0) is 15.4. The minimum Gasteiger partial charge on any atom is -0.339 e. The van der Waals surface area contributed by atoms with Crippen molar-refractivity contribution >= 4 is 17.7 Å². The molecule has 1 amide bonds. The van der Waals surface area contributed by atoms with Crippen LogP contribution in [0.15, 0.2) is 12.4 Å². The third-order valence-corrected chi connectivity index (χ3v) is 6.01. The standard InChI is InChI=1S/C17H27N3OS/c1-14-18-8-11-19(14)10-7-16-4-2-3-9-20(16)17(21)13-22-12-15-5-6-15/h8,11,15-16H,2-7,9-10,12-13H2,1H3/t16-/m1/s1. The van der Waals surface area contributed by atoms with Crippen molar-refractivity contribution in [2.75, 3.05) is 18.1 Å². The molecule has 1 saturated heterocycles. The smallest absolute Gasteiger partial charge is 0.232 e. The molecule has 0 radical (unpaired) electrons. The summed E-state index contributed by atoms with van der Waals surface area (Å²) in [6.45, 7) is 3.96. The lowest BCUT2D eigenvalue weighted by atomic mass is 9.99. The Morgan fingerprint density at radius 1 is 1.36 bits per heavy atom. The number of amides is 1. The molecule has 1 saturated carbocycles. The fourth-order valence-corrected chi connectivity index (χ4v) is 4.36. The van der Waals surface area contributed by atoms with E-state index in [2.05, 4.69) is 14.5 Å². The van der Waals surface area contributed by atoms with Crippen molar-refractivity contribution in [3.63, 3.8) is 0 Å². The molecule has 2 heterocycles. The van der Waals surface area contributed by atoms with E-state index in [4.69, 9.17) is 0 Å². The fourth-order valence-electron chi connectivity index (χ4n) is 3.24. The second-order valence-corrected chi connectivity index (χ2v) is 7.68. The lowest BCUT2D eigenvalue weighted by Gasteiger charge is -2.36. The molecule has 2 fully saturated rings. The Morgan fingerprint density at radius 2 is 2.23 bits per heavy atom. The van der Waals surface area contributed by atoms with Crippen molar-refractivity contribution in [1.29, 1.82) is 0 Å². The highest BCUT2D eigenvalue weighted by Gasteiger charge is 2.27. The minimum atomic E-state index is 0.359. The molecule has 122 valence electrons. The van der Waals surface area contributed by atoms with E-state index in [1.165, 1.54) is 31.4 Å². The summed E-state index contributed by atoms with van der Waals surface area (Å²) in [5.41, 5.74) is 0. The maximum Gasteiger partial charge on any atom is 0.232 e. The van der Waals surface area contributed by atoms with Crippen molar-refractivity contribution in [3.8, 4) is 0 Å². The van der Waals surface area contributed by atoms with Crippen LogP contribution in [-0.2, 0) is 11.3 Å². The Balaban J connectivity index is 1.48. The largest absolute Gasteiger partial charge is 0.339 e. The highest BCUT2D eigenvalue weighted by Crippen LogP contribution is 2.32. The van der Waals surface area contributed by atoms with Crippen LogP contribution in [0.3, 0.4) is 0 Å². The quantitative estimate of drug-likeness (QED) is 0.774. The number of carbonyl (C=O) groups is 1. The summed E-state index contributed by atoms with van der Waals surface area (Å²) in [6, 6.07) is 0.421. The molecule has 1 atom stereocenters. The van der Waals surface area contributed by atoms with Gasteiger partial charge in [0.05, 0.1) is 5.75 Å². The summed E-state index contributed by atoms with van der Waals surface area (Å²) in [7, 11) is 0. The van der Waals surface area contributed by atoms with E-state index in [0.29, 0.717) is 17.7 Å². The maximum absolute atomic E-state index is 12.5. The number of hydrogen-bond donors (Lipinski definition) is 0. The number of imidazole rings is 1. The molecule has 1 aromatic heterocycles. The lowest BCUT2D eigenvalue weighted by Crippen LogP contribution is -2.45. The normalized spacial score (nSPS) is 22.0. The van der Waals surface area contributed by atoms with Gasteiger partial charge in [-0.2, -0.15) is 11.8 Å². The third-order valence-electron chi connectivity index (χ3n) is 4.85. The highest BCUT2D eigenvalue weighted by atomic mass is 32.2. The minimum absolute atomic E-state index is 0.359. The van der Waals surface area contributed by atoms with E-state index in [0.717, 1.165) is 37.7 Å². The molecule has 4 nitrogen and oxygen atoms in total. The Bertz CT molecular complexity index is 498. The summed E-state index contributed by atoms with van der Waals surface area (Å²) < 4.78 is 2.19. The first-order valence-corrected chi connectivity index (χ1v) is 9.74. The van der Waals surface area contributed by atoms with Gasteiger partial charge in [-0.05, 0) is 57.1 Å². The van der Waals surface area contributed by atoms with Crippen LogP contribution in [0.2, 0.25) is 0 Å². The number of nitrogens with zero attached hydrogens (tertiary/aromatic N) is 3. The Morgan fingerprint density at radius 3 is 2.95 bits per heavy atom. The average Bonchev–Trinajstić information content (AvgIpc) is 3.26. The predicted molar refractivity (Wildman–Crippen MR) is 91.0 cm³/mol. The van der Waals surface area contributed by atoms with Crippen LogP contribution in [0.1, 0.15) is 44.3 Å². The SMILES string of the molecule is Cc1nccn1CC[C@H]1CCCCN1C(=O)CSCC1CC1. The van der Waals surface area contributed by atoms with Crippen LogP contribution in [0.25, 0.3) is 0 Å². The molecule has 0 aromatic carbocycles. The van der Waals surface area contributed by atoms with Gasteiger partial charge in [-0.25, -0.2) is 4.98 Å². The van der Waals surface area contributed by atoms with Crippen molar-refractivity contribution in [2.45, 2.75) is 58.0 Å². The number of aromatic nitrogens is 2. The molecule has 1 aromatic rings. The van der Waals surface area contributed by atoms with E-state index in [-0.39, 0.29) is 0 Å². The zero-order valence-corrected chi connectivity index (χ0v) is 14.4. The molecule has 1 aliphatic heterocycles. The molecule has 0 bridgehead atoms. The Hall–Kier alpha value is -0.970. The lowest BCUT2D eigenvalue weighted by molar-refractivity contribution is -0.132. The topological polar surface area (TPSA) is 38.1 Å². The molecule has 0 N–H and O–H groups in total. The molecular formula is C17H27N3OS. The van der Waals surface area contributed by atoms with Gasteiger partial charge in [0.1, 0.15) is 5.82 Å². The van der Waals surface area contributed by atoms with Crippen molar-refractivity contribution in [1.82, 2.24) is 14.5 Å². The number of likely N-dealkylation sites (tertiary alicyclic amines) is 1. The first kappa shape index (κ1) is 15.9. The first-order valence-electron chi connectivity index (χ1n) is 8.59. The summed E-state index contributed by atoms with van der Waals surface area (Å²) in [6.07, 6.45) is 11.3. The molecule has 0 spiro atoms. The second-order valence-electron chi connectivity index (χ2n) is 6.65. The summed E-state index contributed by atoms with van der Waals surface area (Å²) in [5.74, 6) is 4.18. The predicted octanol–water partition coefficient (Wildman–Crippen LogP) is 3.11. The number of carbonyl (C=O) groups excluding carboxylic acids is 1. The molecule has 3 rings (SSSR count). The van der Waals surface area contributed by atoms with Gasteiger partial charge >= 0.3 is 0 Å². The van der Waals surface area contributed by atoms with Gasteiger partial charge in [-0.1, -0.05) is 0 Å². The van der Waals surface area contributed by atoms with Crippen LogP contribution in [-0.4, -0.2) is 44.5 Å². The number of hydrogen-bond acceptors (Lipinski definition) is 3. The van der Waals surface area contributed by atoms with Crippen molar-refractivity contribution in [2.24, 2.45) is 5.92 Å². The molecular weight excluding hydrogens is 294 g/mol. The Kier molecular flexibility index (Phi) is 5.45. The molecule has 5 heteroatoms. The summed E-state index contributed by atoms with van der Waals surface area (Å²) >= 11 is 1.84. The van der Waals surface area contributed by atoms with E-state index in [1.54, 1.807) is 0 Å². The van der Waals surface area contributed by atoms with E-state index in [1.807, 2.05) is 31.1 Å². The number of rotatable bonds is 7. The van der Waals surface area contributed by atoms with Crippen molar-refractivity contribution < 1.29 is 4.79 Å². The Labute approximate surface area is 137 Å². The fraction of sp³-hybridized carbons (Fsp3) is 0.765. The van der Waals surface area contributed by atoms with Gasteiger partial charge in [0.15, 0.2) is 0 Å². The molecule has 1 aliphatic carbocycles. The van der Waals surface area contributed by atoms with Crippen molar-refractivity contribution in [3.05, 3.63) is 18.2 Å². The van der Waals surface area contributed by atoms with Gasteiger partial charge in [-0.3, -0.25) is 4.79 Å². The average molecular weight is 321 g/mol. The zero-order valence-electron chi connectivity index (χ0n) is 13.5. The summed E-state index contributed by atoms with van der Waals surface area (Å²) in [4.78, 5) is 19.0. The highest BCUT2D eigenvalue weighted by molar-refractivity contribution is 7.99. The van der Waals surface area contributed by atoms with Crippen LogP contribution in [0, 0.1) is 12.8 Å². The van der Waals surface area contributed by atoms with E-state index >= 15 is 0 Å². The number of aryl methyl sites for hydroxylation is 2. The van der Waals surface area contributed by atoms with Crippen LogP contribution >= 0.6 is 11.8 Å². The van der Waals surface area contributed by atoms with Gasteiger partial charge in [0, 0.05) is 31.5 Å². The third kappa shape index (κ3) is 4.28. The van der Waals surface area contributed by atoms with E-state index < -0.39 is 0 Å². The monoisotopic (exact) mass is 321 g/mol. The molecule has 0 unspecified atom stereocenters. The van der Waals surface area contributed by atoms with Gasteiger partial charge in [0.2, 0.25) is 5.91 Å². The van der Waals surface area contributed by atoms with Crippen LogP contribution < -0.4 is 0 Å². The second kappa shape index (κ2) is 7.53. The molecule has 2 aliphatic rings. The van der Waals surface area contributed by atoms with E-state index in [9.17, 15) is 4.79 Å². The number of thioether (sulfide) groups is 1. The van der Waals surface area contributed by atoms with Gasteiger partial charge in [-0.15, -0.1) is 0 Å². The summed E-state index contributed by atoms with van der Waals surface area (Å²) in [5, 5.41) is 0. The van der Waals surface area contributed by atoms with Gasteiger partial charge < -0.3 is 9.47 Å². The van der Waals surface area contributed by atoms with Gasteiger partial charge in [0.25, 0.3) is 0 Å². The van der Waals surface area contributed by atoms with Crippen LogP contribution in [0.5, 0.6) is 0 Å². The van der Waals surface area contributed by atoms with Crippen LogP contribution in [0.4, 0.5) is 0 Å². The number of piperidine rings is 1. The first-order chi connectivity index (χ1) is 10.7.